The molecule has 1 unspecified atom stereocenters. The summed E-state index contributed by atoms with van der Waals surface area (Å²) in [6, 6.07) is -0.967. The third-order valence-corrected chi connectivity index (χ3v) is 2.71. The molecule has 1 aromatic heterocycles. The monoisotopic (exact) mass is 242 g/mol. The minimum atomic E-state index is -0.967. The first-order chi connectivity index (χ1) is 7.54. The number of hydrogen-bond donors (Lipinski definition) is 1. The lowest BCUT2D eigenvalue weighted by molar-refractivity contribution is -0.146. The first-order valence-corrected chi connectivity index (χ1v) is 5.78. The van der Waals surface area contributed by atoms with E-state index in [0.717, 1.165) is 5.69 Å². The van der Waals surface area contributed by atoms with Gasteiger partial charge in [0.1, 0.15) is 0 Å². The van der Waals surface area contributed by atoms with Gasteiger partial charge in [0, 0.05) is 5.38 Å². The largest absolute Gasteiger partial charge is 0.464 e. The van der Waals surface area contributed by atoms with E-state index in [1.54, 1.807) is 6.92 Å². The third kappa shape index (κ3) is 3.30. The van der Waals surface area contributed by atoms with Crippen LogP contribution in [-0.2, 0) is 14.3 Å². The van der Waals surface area contributed by atoms with E-state index in [1.165, 1.54) is 18.3 Å². The number of carbonyl (C=O) groups is 2. The van der Waals surface area contributed by atoms with Crippen LogP contribution in [0.2, 0.25) is 0 Å². The first-order valence-electron chi connectivity index (χ1n) is 4.90. The molecule has 1 atom stereocenters. The molecule has 0 saturated heterocycles. The van der Waals surface area contributed by atoms with Crippen molar-refractivity contribution in [1.29, 1.82) is 0 Å². The SMILES string of the molecule is CCOC(=O)C(Nc1nc(C)cs1)C(C)=O. The Morgan fingerprint density at radius 3 is 2.75 bits per heavy atom. The molecular weight excluding hydrogens is 228 g/mol. The normalized spacial score (nSPS) is 11.9. The molecule has 0 aliphatic heterocycles. The maximum Gasteiger partial charge on any atom is 0.336 e. The van der Waals surface area contributed by atoms with Gasteiger partial charge in [0.05, 0.1) is 12.3 Å². The Labute approximate surface area is 97.8 Å². The molecule has 0 bridgehead atoms. The Morgan fingerprint density at radius 1 is 1.62 bits per heavy atom. The van der Waals surface area contributed by atoms with Gasteiger partial charge in [-0.3, -0.25) is 4.79 Å². The molecule has 5 nitrogen and oxygen atoms in total. The highest BCUT2D eigenvalue weighted by Crippen LogP contribution is 2.16. The van der Waals surface area contributed by atoms with Crippen molar-refractivity contribution in [2.75, 3.05) is 11.9 Å². The van der Waals surface area contributed by atoms with Gasteiger partial charge in [-0.2, -0.15) is 0 Å². The molecule has 0 amide bonds. The van der Waals surface area contributed by atoms with Gasteiger partial charge < -0.3 is 10.1 Å². The average Bonchev–Trinajstić information content (AvgIpc) is 2.60. The van der Waals surface area contributed by atoms with Crippen molar-refractivity contribution in [1.82, 2.24) is 4.98 Å². The zero-order chi connectivity index (χ0) is 12.1. The molecule has 0 saturated carbocycles. The van der Waals surface area contributed by atoms with Crippen LogP contribution >= 0.6 is 11.3 Å². The van der Waals surface area contributed by atoms with Crippen molar-refractivity contribution in [2.45, 2.75) is 26.8 Å². The number of carbonyl (C=O) groups excluding carboxylic acids is 2. The predicted octanol–water partition coefficient (Wildman–Crippen LogP) is 1.38. The van der Waals surface area contributed by atoms with Crippen LogP contribution in [0.15, 0.2) is 5.38 Å². The number of Topliss-reactive ketones (excluding diaryl/α,β-unsaturated/α-hetero) is 1. The Morgan fingerprint density at radius 2 is 2.31 bits per heavy atom. The van der Waals surface area contributed by atoms with Gasteiger partial charge >= 0.3 is 5.97 Å². The molecule has 88 valence electrons. The van der Waals surface area contributed by atoms with Crippen LogP contribution in [0.1, 0.15) is 19.5 Å². The minimum absolute atomic E-state index is 0.251. The summed E-state index contributed by atoms with van der Waals surface area (Å²) in [6.07, 6.45) is 0. The molecule has 1 rings (SSSR count). The number of esters is 1. The van der Waals surface area contributed by atoms with Gasteiger partial charge in [0.15, 0.2) is 17.0 Å². The van der Waals surface area contributed by atoms with Crippen molar-refractivity contribution < 1.29 is 14.3 Å². The number of aryl methyl sites for hydroxylation is 1. The summed E-state index contributed by atoms with van der Waals surface area (Å²) >= 11 is 1.35. The molecule has 0 aliphatic carbocycles. The number of ether oxygens (including phenoxy) is 1. The summed E-state index contributed by atoms with van der Waals surface area (Å²) < 4.78 is 4.80. The highest BCUT2D eigenvalue weighted by atomic mass is 32.1. The number of nitrogens with one attached hydrogen (secondary N) is 1. The maximum absolute atomic E-state index is 11.5. The van der Waals surface area contributed by atoms with Gasteiger partial charge in [-0.1, -0.05) is 0 Å². The number of aromatic nitrogens is 1. The summed E-state index contributed by atoms with van der Waals surface area (Å²) in [4.78, 5) is 26.9. The lowest BCUT2D eigenvalue weighted by Gasteiger charge is -2.13. The quantitative estimate of drug-likeness (QED) is 0.624. The number of rotatable bonds is 5. The van der Waals surface area contributed by atoms with E-state index in [2.05, 4.69) is 10.3 Å². The summed E-state index contributed by atoms with van der Waals surface area (Å²) in [7, 11) is 0. The zero-order valence-electron chi connectivity index (χ0n) is 9.44. The van der Waals surface area contributed by atoms with Crippen molar-refractivity contribution in [3.63, 3.8) is 0 Å². The smallest absolute Gasteiger partial charge is 0.336 e. The standard InChI is InChI=1S/C10H14N2O3S/c1-4-15-9(14)8(7(3)13)12-10-11-6(2)5-16-10/h5,8H,4H2,1-3H3,(H,11,12). The van der Waals surface area contributed by atoms with Gasteiger partial charge in [-0.15, -0.1) is 11.3 Å². The van der Waals surface area contributed by atoms with E-state index in [0.29, 0.717) is 5.13 Å². The fourth-order valence-electron chi connectivity index (χ4n) is 1.10. The highest BCUT2D eigenvalue weighted by Gasteiger charge is 2.25. The molecule has 1 aromatic rings. The predicted molar refractivity (Wildman–Crippen MR) is 61.6 cm³/mol. The molecule has 6 heteroatoms. The van der Waals surface area contributed by atoms with E-state index < -0.39 is 12.0 Å². The lowest BCUT2D eigenvalue weighted by atomic mass is 10.2. The molecule has 0 spiro atoms. The molecular formula is C10H14N2O3S. The van der Waals surface area contributed by atoms with Crippen molar-refractivity contribution in [2.24, 2.45) is 0 Å². The van der Waals surface area contributed by atoms with E-state index in [1.807, 2.05) is 12.3 Å². The maximum atomic E-state index is 11.5. The van der Waals surface area contributed by atoms with Crippen molar-refractivity contribution >= 4 is 28.2 Å². The zero-order valence-corrected chi connectivity index (χ0v) is 10.3. The van der Waals surface area contributed by atoms with Gasteiger partial charge in [0.25, 0.3) is 0 Å². The van der Waals surface area contributed by atoms with Crippen LogP contribution in [-0.4, -0.2) is 29.4 Å². The molecule has 0 radical (unpaired) electrons. The fraction of sp³-hybridized carbons (Fsp3) is 0.500. The second-order valence-corrected chi connectivity index (χ2v) is 4.09. The van der Waals surface area contributed by atoms with Gasteiger partial charge in [-0.05, 0) is 20.8 Å². The highest BCUT2D eigenvalue weighted by molar-refractivity contribution is 7.13. The topological polar surface area (TPSA) is 68.3 Å². The molecule has 1 N–H and O–H groups in total. The van der Waals surface area contributed by atoms with Crippen LogP contribution in [0.5, 0.6) is 0 Å². The van der Waals surface area contributed by atoms with Crippen LogP contribution < -0.4 is 5.32 Å². The average molecular weight is 242 g/mol. The van der Waals surface area contributed by atoms with Crippen LogP contribution in [0, 0.1) is 6.92 Å². The van der Waals surface area contributed by atoms with E-state index in [-0.39, 0.29) is 12.4 Å². The Bertz CT molecular complexity index is 389. The molecule has 0 aromatic carbocycles. The lowest BCUT2D eigenvalue weighted by Crippen LogP contribution is -2.37. The summed E-state index contributed by atoms with van der Waals surface area (Å²) in [6.45, 7) is 5.13. The Hall–Kier alpha value is -1.43. The summed E-state index contributed by atoms with van der Waals surface area (Å²) in [5, 5.41) is 5.15. The number of nitrogens with zero attached hydrogens (tertiary/aromatic N) is 1. The summed E-state index contributed by atoms with van der Waals surface area (Å²) in [5.74, 6) is -0.853. The molecule has 16 heavy (non-hydrogen) atoms. The van der Waals surface area contributed by atoms with Gasteiger partial charge in [0.2, 0.25) is 0 Å². The fourth-order valence-corrected chi connectivity index (χ4v) is 1.81. The molecule has 0 fully saturated rings. The number of hydrogen-bond acceptors (Lipinski definition) is 6. The van der Waals surface area contributed by atoms with Crippen LogP contribution in [0.3, 0.4) is 0 Å². The van der Waals surface area contributed by atoms with Gasteiger partial charge in [-0.25, -0.2) is 9.78 Å². The number of ketones is 1. The van der Waals surface area contributed by atoms with Crippen LogP contribution in [0.4, 0.5) is 5.13 Å². The minimum Gasteiger partial charge on any atom is -0.464 e. The Kier molecular flexibility index (Phi) is 4.42. The molecule has 0 aliphatic rings. The van der Waals surface area contributed by atoms with E-state index in [9.17, 15) is 9.59 Å². The van der Waals surface area contributed by atoms with E-state index in [4.69, 9.17) is 4.74 Å². The Balaban J connectivity index is 2.72. The second-order valence-electron chi connectivity index (χ2n) is 3.23. The van der Waals surface area contributed by atoms with Crippen molar-refractivity contribution in [3.05, 3.63) is 11.1 Å². The van der Waals surface area contributed by atoms with Crippen LogP contribution in [0.25, 0.3) is 0 Å². The third-order valence-electron chi connectivity index (χ3n) is 1.82. The first kappa shape index (κ1) is 12.6. The van der Waals surface area contributed by atoms with E-state index >= 15 is 0 Å². The summed E-state index contributed by atoms with van der Waals surface area (Å²) in [5.41, 5.74) is 0.846. The number of anilines is 1. The van der Waals surface area contributed by atoms with Crippen molar-refractivity contribution in [3.8, 4) is 0 Å². The molecule has 1 heterocycles. The number of thiazole rings is 1. The second kappa shape index (κ2) is 5.60.